The van der Waals surface area contributed by atoms with Gasteiger partial charge >= 0.3 is 0 Å². The summed E-state index contributed by atoms with van der Waals surface area (Å²) < 4.78 is 5.54. The minimum absolute atomic E-state index is 0.765. The lowest BCUT2D eigenvalue weighted by Crippen LogP contribution is -2.21. The first-order valence-corrected chi connectivity index (χ1v) is 4.43. The van der Waals surface area contributed by atoms with Crippen molar-refractivity contribution in [2.24, 2.45) is 4.99 Å². The molecule has 0 amide bonds. The van der Waals surface area contributed by atoms with Gasteiger partial charge in [0.05, 0.1) is 0 Å². The van der Waals surface area contributed by atoms with Crippen LogP contribution in [0.2, 0.25) is 0 Å². The molecule has 1 aliphatic heterocycles. The molecule has 2 nitrogen and oxygen atoms in total. The third kappa shape index (κ3) is 1.92. The summed E-state index contributed by atoms with van der Waals surface area (Å²) >= 11 is 4.29. The van der Waals surface area contributed by atoms with Gasteiger partial charge in [0.2, 0.25) is 0 Å². The summed E-state index contributed by atoms with van der Waals surface area (Å²) in [6, 6.07) is 9.51. The predicted octanol–water partition coefficient (Wildman–Crippen LogP) is 2.29. The summed E-state index contributed by atoms with van der Waals surface area (Å²) in [5, 5.41) is -0.818. The van der Waals surface area contributed by atoms with Gasteiger partial charge < -0.3 is 4.74 Å². The van der Waals surface area contributed by atoms with E-state index in [1.807, 2.05) is 36.4 Å². The van der Waals surface area contributed by atoms with Crippen molar-refractivity contribution in [1.82, 2.24) is 0 Å². The molecule has 1 atom stereocenters. The van der Waals surface area contributed by atoms with Crippen molar-refractivity contribution in [3.8, 4) is 5.75 Å². The zero-order chi connectivity index (χ0) is 9.15. The van der Waals surface area contributed by atoms with Gasteiger partial charge in [-0.25, -0.2) is 4.99 Å². The molecule has 1 aromatic carbocycles. The van der Waals surface area contributed by atoms with E-state index < -0.39 is 5.06 Å². The Hall–Kier alpha value is -1.22. The summed E-state index contributed by atoms with van der Waals surface area (Å²) in [6.45, 7) is 0. The van der Waals surface area contributed by atoms with Crippen LogP contribution in [0, 0.1) is 0 Å². The number of para-hydroxylation sites is 1. The lowest BCUT2D eigenvalue weighted by molar-refractivity contribution is 0.231. The van der Waals surface area contributed by atoms with E-state index in [2.05, 4.69) is 17.6 Å². The minimum Gasteiger partial charge on any atom is -0.453 e. The maximum atomic E-state index is 5.54. The van der Waals surface area contributed by atoms with Crippen LogP contribution in [0.3, 0.4) is 0 Å². The molecule has 0 aliphatic carbocycles. The summed E-state index contributed by atoms with van der Waals surface area (Å²) in [7, 11) is 0. The molecule has 0 spiro atoms. The highest BCUT2D eigenvalue weighted by molar-refractivity contribution is 7.81. The number of hydrogen-bond acceptors (Lipinski definition) is 3. The first-order chi connectivity index (χ1) is 6.29. The Kier molecular flexibility index (Phi) is 2.10. The van der Waals surface area contributed by atoms with Crippen LogP contribution >= 0.6 is 12.6 Å². The molecule has 3 heteroatoms. The summed E-state index contributed by atoms with van der Waals surface area (Å²) in [4.78, 5) is 4.07. The Bertz CT molecular complexity index is 333. The SMILES string of the molecule is SC1(Oc2ccccc2)C=CC=N1. The van der Waals surface area contributed by atoms with E-state index in [1.54, 1.807) is 12.3 Å². The third-order valence-corrected chi connectivity index (χ3v) is 2.03. The first kappa shape index (κ1) is 8.38. The quantitative estimate of drug-likeness (QED) is 0.562. The predicted molar refractivity (Wildman–Crippen MR) is 56.4 cm³/mol. The zero-order valence-electron chi connectivity index (χ0n) is 6.92. The van der Waals surface area contributed by atoms with Gasteiger partial charge in [0.15, 0.2) is 0 Å². The first-order valence-electron chi connectivity index (χ1n) is 3.98. The van der Waals surface area contributed by atoms with Gasteiger partial charge in [-0.05, 0) is 24.3 Å². The van der Waals surface area contributed by atoms with E-state index in [4.69, 9.17) is 4.74 Å². The van der Waals surface area contributed by atoms with Crippen molar-refractivity contribution in [1.29, 1.82) is 0 Å². The number of hydrogen-bond donors (Lipinski definition) is 1. The van der Waals surface area contributed by atoms with E-state index in [9.17, 15) is 0 Å². The van der Waals surface area contributed by atoms with Gasteiger partial charge in [-0.15, -0.1) is 12.6 Å². The molecule has 66 valence electrons. The molecule has 13 heavy (non-hydrogen) atoms. The lowest BCUT2D eigenvalue weighted by atomic mass is 10.3. The van der Waals surface area contributed by atoms with Crippen molar-refractivity contribution in [2.75, 3.05) is 0 Å². The second-order valence-electron chi connectivity index (χ2n) is 2.71. The number of ether oxygens (including phenoxy) is 1. The molecule has 1 aliphatic rings. The van der Waals surface area contributed by atoms with Crippen LogP contribution < -0.4 is 4.74 Å². The van der Waals surface area contributed by atoms with Gasteiger partial charge in [-0.3, -0.25) is 0 Å². The van der Waals surface area contributed by atoms with E-state index >= 15 is 0 Å². The van der Waals surface area contributed by atoms with Crippen molar-refractivity contribution < 1.29 is 4.74 Å². The topological polar surface area (TPSA) is 21.6 Å². The number of thiol groups is 1. The van der Waals surface area contributed by atoms with Crippen molar-refractivity contribution in [3.05, 3.63) is 42.5 Å². The molecule has 0 aromatic heterocycles. The van der Waals surface area contributed by atoms with Gasteiger partial charge in [-0.2, -0.15) is 0 Å². The smallest absolute Gasteiger partial charge is 0.265 e. The fraction of sp³-hybridized carbons (Fsp3) is 0.100. The maximum absolute atomic E-state index is 5.54. The molecular weight excluding hydrogens is 182 g/mol. The van der Waals surface area contributed by atoms with Crippen molar-refractivity contribution in [2.45, 2.75) is 5.06 Å². The minimum atomic E-state index is -0.818. The summed E-state index contributed by atoms with van der Waals surface area (Å²) in [6.07, 6.45) is 5.29. The molecule has 0 bridgehead atoms. The van der Waals surface area contributed by atoms with Crippen molar-refractivity contribution >= 4 is 18.8 Å². The number of nitrogens with zero attached hydrogens (tertiary/aromatic N) is 1. The molecule has 1 heterocycles. The Morgan fingerprint density at radius 3 is 2.62 bits per heavy atom. The van der Waals surface area contributed by atoms with Gasteiger partial charge in [0, 0.05) is 6.21 Å². The van der Waals surface area contributed by atoms with Crippen LogP contribution in [-0.4, -0.2) is 11.3 Å². The number of aliphatic imine (C=N–C) groups is 1. The van der Waals surface area contributed by atoms with Crippen LogP contribution in [-0.2, 0) is 0 Å². The van der Waals surface area contributed by atoms with Crippen LogP contribution in [0.5, 0.6) is 5.75 Å². The fourth-order valence-electron chi connectivity index (χ4n) is 1.08. The Morgan fingerprint density at radius 2 is 2.00 bits per heavy atom. The number of allylic oxidation sites excluding steroid dienone is 1. The van der Waals surface area contributed by atoms with Gasteiger partial charge in [-0.1, -0.05) is 18.2 Å². The Balaban J connectivity index is 2.15. The molecule has 1 unspecified atom stereocenters. The Labute approximate surface area is 82.4 Å². The van der Waals surface area contributed by atoms with Crippen LogP contribution in [0.1, 0.15) is 0 Å². The van der Waals surface area contributed by atoms with Crippen LogP contribution in [0.15, 0.2) is 47.5 Å². The standard InChI is InChI=1S/C10H9NOS/c13-10(7-4-8-11-10)12-9-5-2-1-3-6-9/h1-8,13H. The number of benzene rings is 1. The average Bonchev–Trinajstić information content (AvgIpc) is 2.54. The van der Waals surface area contributed by atoms with Crippen LogP contribution in [0.4, 0.5) is 0 Å². The van der Waals surface area contributed by atoms with E-state index in [1.165, 1.54) is 0 Å². The largest absolute Gasteiger partial charge is 0.453 e. The average molecular weight is 191 g/mol. The molecule has 2 rings (SSSR count). The summed E-state index contributed by atoms with van der Waals surface area (Å²) in [5.74, 6) is 0.765. The van der Waals surface area contributed by atoms with Crippen molar-refractivity contribution in [3.63, 3.8) is 0 Å². The molecular formula is C10H9NOS. The maximum Gasteiger partial charge on any atom is 0.265 e. The molecule has 0 radical (unpaired) electrons. The van der Waals surface area contributed by atoms with Gasteiger partial charge in [0.25, 0.3) is 5.06 Å². The Morgan fingerprint density at radius 1 is 1.23 bits per heavy atom. The monoisotopic (exact) mass is 191 g/mol. The second-order valence-corrected chi connectivity index (χ2v) is 3.35. The number of rotatable bonds is 2. The molecule has 0 saturated carbocycles. The fourth-order valence-corrected chi connectivity index (χ4v) is 1.34. The molecule has 0 N–H and O–H groups in total. The van der Waals surface area contributed by atoms with Gasteiger partial charge in [0.1, 0.15) is 5.75 Å². The highest BCUT2D eigenvalue weighted by Gasteiger charge is 2.24. The van der Waals surface area contributed by atoms with Crippen LogP contribution in [0.25, 0.3) is 0 Å². The lowest BCUT2D eigenvalue weighted by Gasteiger charge is -2.19. The molecule has 1 aromatic rings. The normalized spacial score (nSPS) is 25.0. The van der Waals surface area contributed by atoms with E-state index in [-0.39, 0.29) is 0 Å². The third-order valence-electron chi connectivity index (χ3n) is 1.67. The highest BCUT2D eigenvalue weighted by atomic mass is 32.1. The molecule has 0 saturated heterocycles. The highest BCUT2D eigenvalue weighted by Crippen LogP contribution is 2.26. The summed E-state index contributed by atoms with van der Waals surface area (Å²) in [5.41, 5.74) is 0. The van der Waals surface area contributed by atoms with E-state index in [0.717, 1.165) is 5.75 Å². The molecule has 0 fully saturated rings. The zero-order valence-corrected chi connectivity index (χ0v) is 7.82. The second kappa shape index (κ2) is 3.26. The van der Waals surface area contributed by atoms with E-state index in [0.29, 0.717) is 0 Å².